The molecule has 0 aromatic rings. The van der Waals surface area contributed by atoms with Crippen LogP contribution >= 0.6 is 11.9 Å². The molecular formula is C16H28N2S. The standard InChI is InChI=1S/C16H28N2S/c1-12(2)10-9-11-14(5)15(13(3)4)17-18-19-16(6,7)8/h9-12H,1-8H3/b10-9?,14-11+,18-17?. The third-order valence-corrected chi connectivity index (χ3v) is 2.86. The van der Waals surface area contributed by atoms with Crippen molar-refractivity contribution in [3.8, 4) is 0 Å². The summed E-state index contributed by atoms with van der Waals surface area (Å²) in [4.78, 5) is 0. The van der Waals surface area contributed by atoms with Crippen LogP contribution in [0, 0.1) is 5.92 Å². The molecule has 0 aliphatic carbocycles. The summed E-state index contributed by atoms with van der Waals surface area (Å²) in [5.74, 6) is 0.567. The zero-order valence-electron chi connectivity index (χ0n) is 13.6. The molecule has 3 heteroatoms. The zero-order valence-corrected chi connectivity index (χ0v) is 14.4. The molecule has 0 radical (unpaired) electrons. The highest BCUT2D eigenvalue weighted by Gasteiger charge is 2.10. The Bertz CT molecular complexity index is 389. The van der Waals surface area contributed by atoms with Crippen molar-refractivity contribution in [1.29, 1.82) is 0 Å². The van der Waals surface area contributed by atoms with Gasteiger partial charge in [0.2, 0.25) is 0 Å². The molecule has 0 rings (SSSR count). The molecule has 0 aromatic heterocycles. The molecule has 2 nitrogen and oxygen atoms in total. The van der Waals surface area contributed by atoms with Crippen LogP contribution in [0.4, 0.5) is 0 Å². The van der Waals surface area contributed by atoms with E-state index in [2.05, 4.69) is 83.3 Å². The highest BCUT2D eigenvalue weighted by Crippen LogP contribution is 2.26. The minimum atomic E-state index is 0.103. The first-order valence-corrected chi connectivity index (χ1v) is 7.53. The number of rotatable bonds is 5. The number of hydrogen-bond acceptors (Lipinski definition) is 3. The van der Waals surface area contributed by atoms with Crippen LogP contribution in [0.2, 0.25) is 0 Å². The van der Waals surface area contributed by atoms with Gasteiger partial charge in [-0.1, -0.05) is 32.1 Å². The van der Waals surface area contributed by atoms with Crippen molar-refractivity contribution in [3.63, 3.8) is 0 Å². The molecule has 0 saturated heterocycles. The lowest BCUT2D eigenvalue weighted by Gasteiger charge is -2.11. The van der Waals surface area contributed by atoms with Crippen LogP contribution in [0.15, 0.2) is 44.7 Å². The average molecular weight is 280 g/mol. The molecule has 0 bridgehead atoms. The van der Waals surface area contributed by atoms with Gasteiger partial charge in [-0.2, -0.15) is 0 Å². The molecule has 0 atom stereocenters. The van der Waals surface area contributed by atoms with Gasteiger partial charge in [0.05, 0.1) is 5.70 Å². The van der Waals surface area contributed by atoms with Crippen LogP contribution < -0.4 is 0 Å². The summed E-state index contributed by atoms with van der Waals surface area (Å²) >= 11 is 1.50. The van der Waals surface area contributed by atoms with Gasteiger partial charge in [-0.05, 0) is 58.6 Å². The van der Waals surface area contributed by atoms with Crippen LogP contribution in [-0.2, 0) is 0 Å². The van der Waals surface area contributed by atoms with Crippen molar-refractivity contribution in [1.82, 2.24) is 0 Å². The fourth-order valence-corrected chi connectivity index (χ4v) is 1.63. The summed E-state index contributed by atoms with van der Waals surface area (Å²) in [5.41, 5.74) is 3.31. The van der Waals surface area contributed by atoms with Gasteiger partial charge in [-0.15, -0.1) is 9.63 Å². The molecular weight excluding hydrogens is 252 g/mol. The largest absolute Gasteiger partial charge is 0.144 e. The Balaban J connectivity index is 4.91. The fourth-order valence-electron chi connectivity index (χ4n) is 1.26. The van der Waals surface area contributed by atoms with Crippen molar-refractivity contribution in [2.24, 2.45) is 15.6 Å². The molecule has 0 spiro atoms. The van der Waals surface area contributed by atoms with Crippen molar-refractivity contribution < 1.29 is 0 Å². The predicted octanol–water partition coefficient (Wildman–Crippen LogP) is 6.34. The molecule has 0 aromatic carbocycles. The lowest BCUT2D eigenvalue weighted by Crippen LogP contribution is -2.04. The van der Waals surface area contributed by atoms with Crippen molar-refractivity contribution in [2.45, 2.75) is 60.1 Å². The Kier molecular flexibility index (Phi) is 8.00. The lowest BCUT2D eigenvalue weighted by molar-refractivity contribution is 0.802. The average Bonchev–Trinajstić information content (AvgIpc) is 2.21. The monoisotopic (exact) mass is 280 g/mol. The van der Waals surface area contributed by atoms with Gasteiger partial charge in [-0.3, -0.25) is 0 Å². The van der Waals surface area contributed by atoms with Crippen LogP contribution in [0.3, 0.4) is 0 Å². The van der Waals surface area contributed by atoms with Gasteiger partial charge in [0.25, 0.3) is 0 Å². The minimum absolute atomic E-state index is 0.103. The smallest absolute Gasteiger partial charge is 0.0878 e. The van der Waals surface area contributed by atoms with E-state index in [1.165, 1.54) is 17.5 Å². The van der Waals surface area contributed by atoms with E-state index in [9.17, 15) is 0 Å². The van der Waals surface area contributed by atoms with E-state index >= 15 is 0 Å². The normalized spacial score (nSPS) is 13.8. The summed E-state index contributed by atoms with van der Waals surface area (Å²) in [7, 11) is 0. The van der Waals surface area contributed by atoms with E-state index < -0.39 is 0 Å². The summed E-state index contributed by atoms with van der Waals surface area (Å²) in [5, 5.41) is 4.37. The molecule has 0 saturated carbocycles. The van der Waals surface area contributed by atoms with Gasteiger partial charge in [0.1, 0.15) is 0 Å². The molecule has 0 aliphatic rings. The first kappa shape index (κ1) is 18.2. The summed E-state index contributed by atoms with van der Waals surface area (Å²) in [6.45, 7) is 16.9. The Morgan fingerprint density at radius 2 is 1.68 bits per heavy atom. The maximum atomic E-state index is 4.37. The van der Waals surface area contributed by atoms with Gasteiger partial charge >= 0.3 is 0 Å². The first-order chi connectivity index (χ1) is 8.63. The van der Waals surface area contributed by atoms with E-state index in [0.717, 1.165) is 11.3 Å². The maximum absolute atomic E-state index is 4.37. The molecule has 0 fully saturated rings. The third kappa shape index (κ3) is 9.71. The maximum Gasteiger partial charge on any atom is 0.0878 e. The Morgan fingerprint density at radius 3 is 2.11 bits per heavy atom. The van der Waals surface area contributed by atoms with Crippen molar-refractivity contribution >= 4 is 11.9 Å². The van der Waals surface area contributed by atoms with E-state index in [1.54, 1.807) is 0 Å². The number of nitrogens with zero attached hydrogens (tertiary/aromatic N) is 2. The Labute approximate surface area is 123 Å². The van der Waals surface area contributed by atoms with Crippen molar-refractivity contribution in [3.05, 3.63) is 35.1 Å². The molecule has 108 valence electrons. The molecule has 0 unspecified atom stereocenters. The minimum Gasteiger partial charge on any atom is -0.144 e. The zero-order chi connectivity index (χ0) is 15.1. The molecule has 0 heterocycles. The van der Waals surface area contributed by atoms with Gasteiger partial charge < -0.3 is 0 Å². The van der Waals surface area contributed by atoms with Gasteiger partial charge in [0.15, 0.2) is 0 Å². The lowest BCUT2D eigenvalue weighted by atomic mass is 10.1. The van der Waals surface area contributed by atoms with E-state index in [4.69, 9.17) is 0 Å². The molecule has 0 aliphatic heterocycles. The van der Waals surface area contributed by atoms with Crippen molar-refractivity contribution in [2.75, 3.05) is 0 Å². The topological polar surface area (TPSA) is 24.7 Å². The molecule has 0 N–H and O–H groups in total. The predicted molar refractivity (Wildman–Crippen MR) is 88.3 cm³/mol. The third-order valence-electron chi connectivity index (χ3n) is 2.14. The highest BCUT2D eigenvalue weighted by molar-refractivity contribution is 7.99. The quantitative estimate of drug-likeness (QED) is 0.328. The summed E-state index contributed by atoms with van der Waals surface area (Å²) in [6, 6.07) is 0. The SMILES string of the molecule is CC(C)=C(N=NSC(C)(C)C)/C(C)=C/C=CC(C)C. The van der Waals surface area contributed by atoms with Crippen LogP contribution in [0.25, 0.3) is 0 Å². The number of allylic oxidation sites excluding steroid dienone is 5. The van der Waals surface area contributed by atoms with Gasteiger partial charge in [-0.25, -0.2) is 0 Å². The second-order valence-corrected chi connectivity index (χ2v) is 7.78. The van der Waals surface area contributed by atoms with E-state index in [-0.39, 0.29) is 4.75 Å². The second-order valence-electron chi connectivity index (χ2n) is 6.21. The van der Waals surface area contributed by atoms with Gasteiger partial charge in [0, 0.05) is 16.7 Å². The number of hydrogen-bond donors (Lipinski definition) is 0. The first-order valence-electron chi connectivity index (χ1n) is 6.75. The van der Waals surface area contributed by atoms with Crippen LogP contribution in [-0.4, -0.2) is 4.75 Å². The Hall–Kier alpha value is -0.830. The van der Waals surface area contributed by atoms with E-state index in [1.807, 2.05) is 0 Å². The molecule has 0 amide bonds. The fraction of sp³-hybridized carbons (Fsp3) is 0.625. The second kappa shape index (κ2) is 8.36. The molecule has 19 heavy (non-hydrogen) atoms. The summed E-state index contributed by atoms with van der Waals surface area (Å²) in [6.07, 6.45) is 6.37. The van der Waals surface area contributed by atoms with E-state index in [0.29, 0.717) is 5.92 Å². The Morgan fingerprint density at radius 1 is 1.11 bits per heavy atom. The highest BCUT2D eigenvalue weighted by atomic mass is 32.2. The van der Waals surface area contributed by atoms with Crippen LogP contribution in [0.1, 0.15) is 55.4 Å². The summed E-state index contributed by atoms with van der Waals surface area (Å²) < 4.78 is 4.35. The van der Waals surface area contributed by atoms with Crippen LogP contribution in [0.5, 0.6) is 0 Å².